The summed E-state index contributed by atoms with van der Waals surface area (Å²) in [6.45, 7) is 4.16. The van der Waals surface area contributed by atoms with E-state index in [1.807, 2.05) is 0 Å². The third-order valence-corrected chi connectivity index (χ3v) is 4.95. The molecule has 1 aromatic heterocycles. The van der Waals surface area contributed by atoms with Crippen molar-refractivity contribution in [3.63, 3.8) is 0 Å². The number of halogens is 1. The zero-order valence-electron chi connectivity index (χ0n) is 17.8. The first-order chi connectivity index (χ1) is 15.0. The van der Waals surface area contributed by atoms with E-state index in [9.17, 15) is 14.0 Å². The van der Waals surface area contributed by atoms with Crippen LogP contribution in [0, 0.1) is 5.82 Å². The minimum absolute atomic E-state index is 0.115. The summed E-state index contributed by atoms with van der Waals surface area (Å²) >= 11 is 0. The molecule has 0 spiro atoms. The topological polar surface area (TPSA) is 85.6 Å². The Morgan fingerprint density at radius 2 is 1.94 bits per heavy atom. The number of rotatable bonds is 8. The average molecular weight is 424 g/mol. The van der Waals surface area contributed by atoms with Gasteiger partial charge in [-0.05, 0) is 37.6 Å². The lowest BCUT2D eigenvalue weighted by Gasteiger charge is -2.10. The molecule has 162 valence electrons. The third kappa shape index (κ3) is 4.96. The highest BCUT2D eigenvalue weighted by molar-refractivity contribution is 6.06. The van der Waals surface area contributed by atoms with E-state index in [2.05, 4.69) is 22.5 Å². The Labute approximate surface area is 179 Å². The number of carbonyl (C=O) groups is 1. The molecule has 0 aliphatic heterocycles. The highest BCUT2D eigenvalue weighted by atomic mass is 19.1. The van der Waals surface area contributed by atoms with Gasteiger partial charge < -0.3 is 4.74 Å². The molecule has 8 heteroatoms. The molecule has 0 aliphatic carbocycles. The van der Waals surface area contributed by atoms with Crippen LogP contribution in [0.2, 0.25) is 0 Å². The number of ether oxygens (including phenoxy) is 1. The van der Waals surface area contributed by atoms with E-state index in [0.717, 1.165) is 19.3 Å². The Hall–Kier alpha value is -3.55. The molecule has 0 aliphatic rings. The summed E-state index contributed by atoms with van der Waals surface area (Å²) in [5.74, 6) is -0.942. The van der Waals surface area contributed by atoms with Crippen molar-refractivity contribution in [1.82, 2.24) is 15.2 Å². The molecule has 0 bridgehead atoms. The van der Waals surface area contributed by atoms with Gasteiger partial charge in [0, 0.05) is 17.5 Å². The maximum absolute atomic E-state index is 13.9. The van der Waals surface area contributed by atoms with Gasteiger partial charge in [-0.25, -0.2) is 14.5 Å². The maximum Gasteiger partial charge on any atom is 0.292 e. The smallest absolute Gasteiger partial charge is 0.292 e. The predicted molar refractivity (Wildman–Crippen MR) is 118 cm³/mol. The lowest BCUT2D eigenvalue weighted by molar-refractivity contribution is 0.0949. The summed E-state index contributed by atoms with van der Waals surface area (Å²) in [4.78, 5) is 25.6. The van der Waals surface area contributed by atoms with Crippen molar-refractivity contribution in [2.75, 3.05) is 7.11 Å². The largest absolute Gasteiger partial charge is 0.494 e. The quantitative estimate of drug-likeness (QED) is 0.338. The summed E-state index contributed by atoms with van der Waals surface area (Å²) in [5.41, 5.74) is 3.27. The zero-order valence-corrected chi connectivity index (χ0v) is 17.8. The van der Waals surface area contributed by atoms with E-state index < -0.39 is 11.7 Å². The fraction of sp³-hybridized carbons (Fsp3) is 0.304. The van der Waals surface area contributed by atoms with Crippen molar-refractivity contribution in [2.24, 2.45) is 5.10 Å². The van der Waals surface area contributed by atoms with Gasteiger partial charge in [0.05, 0.1) is 18.2 Å². The van der Waals surface area contributed by atoms with Gasteiger partial charge in [-0.2, -0.15) is 10.2 Å². The number of nitrogens with zero attached hydrogens (tertiary/aromatic N) is 3. The Bertz CT molecular complexity index is 1190. The van der Waals surface area contributed by atoms with E-state index in [4.69, 9.17) is 4.74 Å². The normalized spacial score (nSPS) is 11.5. The number of fused-ring (bicyclic) bond motifs is 1. The second-order valence-corrected chi connectivity index (χ2v) is 7.12. The summed E-state index contributed by atoms with van der Waals surface area (Å²) < 4.78 is 20.2. The minimum atomic E-state index is -0.547. The highest BCUT2D eigenvalue weighted by Gasteiger charge is 2.16. The molecule has 1 amide bonds. The van der Waals surface area contributed by atoms with Crippen LogP contribution in [0.1, 0.15) is 49.2 Å². The van der Waals surface area contributed by atoms with Crippen LogP contribution in [0.25, 0.3) is 10.8 Å². The highest BCUT2D eigenvalue weighted by Crippen LogP contribution is 2.18. The number of hydrogen-bond acceptors (Lipinski definition) is 5. The van der Waals surface area contributed by atoms with Crippen LogP contribution in [-0.4, -0.2) is 28.5 Å². The molecule has 0 atom stereocenters. The monoisotopic (exact) mass is 424 g/mol. The standard InChI is InChI=1S/C23H25FN4O3/c1-4-5-8-13-28-23(30)18-10-7-6-9-17(18)21(27-28)22(29)26-25-15(2)16-11-12-20(31-3)19(24)14-16/h6-7,9-12,14H,4-5,8,13H2,1-3H3,(H,26,29)/b25-15-. The zero-order chi connectivity index (χ0) is 22.4. The van der Waals surface area contributed by atoms with E-state index in [1.54, 1.807) is 37.3 Å². The number of nitrogens with one attached hydrogen (secondary N) is 1. The van der Waals surface area contributed by atoms with Crippen LogP contribution < -0.4 is 15.7 Å². The molecule has 1 heterocycles. The number of methoxy groups -OCH3 is 1. The number of carbonyl (C=O) groups excluding carboxylic acids is 1. The minimum Gasteiger partial charge on any atom is -0.494 e. The van der Waals surface area contributed by atoms with Gasteiger partial charge in [0.15, 0.2) is 17.3 Å². The van der Waals surface area contributed by atoms with Crippen molar-refractivity contribution in [1.29, 1.82) is 0 Å². The number of unbranched alkanes of at least 4 members (excludes halogenated alkanes) is 2. The van der Waals surface area contributed by atoms with Crippen LogP contribution in [-0.2, 0) is 6.54 Å². The number of aryl methyl sites for hydroxylation is 1. The Kier molecular flexibility index (Phi) is 7.12. The Morgan fingerprint density at radius 3 is 2.61 bits per heavy atom. The summed E-state index contributed by atoms with van der Waals surface area (Å²) in [6.07, 6.45) is 2.77. The van der Waals surface area contributed by atoms with Crippen LogP contribution in [0.3, 0.4) is 0 Å². The first-order valence-corrected chi connectivity index (χ1v) is 10.1. The molecule has 0 unspecified atom stereocenters. The Morgan fingerprint density at radius 1 is 1.19 bits per heavy atom. The van der Waals surface area contributed by atoms with E-state index >= 15 is 0 Å². The second-order valence-electron chi connectivity index (χ2n) is 7.12. The molecule has 7 nitrogen and oxygen atoms in total. The van der Waals surface area contributed by atoms with Crippen LogP contribution in [0.15, 0.2) is 52.4 Å². The van der Waals surface area contributed by atoms with Crippen LogP contribution in [0.4, 0.5) is 4.39 Å². The van der Waals surface area contributed by atoms with Crippen molar-refractivity contribution >= 4 is 22.4 Å². The molecular weight excluding hydrogens is 399 g/mol. The third-order valence-electron chi connectivity index (χ3n) is 4.95. The Balaban J connectivity index is 1.91. The molecule has 0 radical (unpaired) electrons. The van der Waals surface area contributed by atoms with Gasteiger partial charge in [-0.15, -0.1) is 0 Å². The van der Waals surface area contributed by atoms with Crippen molar-refractivity contribution in [3.05, 3.63) is 69.9 Å². The molecule has 0 fully saturated rings. The van der Waals surface area contributed by atoms with Gasteiger partial charge in [0.25, 0.3) is 11.5 Å². The SMILES string of the molecule is CCCCCn1nc(C(=O)N/N=C(/C)c2ccc(OC)c(F)c2)c2ccccc2c1=O. The number of hydrogen-bond donors (Lipinski definition) is 1. The van der Waals surface area contributed by atoms with Crippen LogP contribution in [0.5, 0.6) is 5.75 Å². The molecule has 1 N–H and O–H groups in total. The fourth-order valence-corrected chi connectivity index (χ4v) is 3.21. The van der Waals surface area contributed by atoms with Gasteiger partial charge in [-0.1, -0.05) is 38.0 Å². The van der Waals surface area contributed by atoms with Gasteiger partial charge in [0.1, 0.15) is 0 Å². The maximum atomic E-state index is 13.9. The molecule has 3 aromatic rings. The van der Waals surface area contributed by atoms with Crippen molar-refractivity contribution in [3.8, 4) is 5.75 Å². The average Bonchev–Trinajstić information content (AvgIpc) is 2.78. The summed E-state index contributed by atoms with van der Waals surface area (Å²) in [6, 6.07) is 11.3. The number of benzene rings is 2. The van der Waals surface area contributed by atoms with Crippen molar-refractivity contribution in [2.45, 2.75) is 39.7 Å². The first kappa shape index (κ1) is 22.1. The van der Waals surface area contributed by atoms with Crippen LogP contribution >= 0.6 is 0 Å². The van der Waals surface area contributed by atoms with Gasteiger partial charge in [0.2, 0.25) is 0 Å². The number of amides is 1. The lowest BCUT2D eigenvalue weighted by Crippen LogP contribution is -2.29. The molecular formula is C23H25FN4O3. The second kappa shape index (κ2) is 9.97. The van der Waals surface area contributed by atoms with Gasteiger partial charge >= 0.3 is 0 Å². The predicted octanol–water partition coefficient (Wildman–Crippen LogP) is 3.89. The molecule has 2 aromatic carbocycles. The lowest BCUT2D eigenvalue weighted by atomic mass is 10.1. The molecule has 0 saturated carbocycles. The number of hydrazone groups is 1. The van der Waals surface area contributed by atoms with Crippen molar-refractivity contribution < 1.29 is 13.9 Å². The molecule has 0 saturated heterocycles. The molecule has 31 heavy (non-hydrogen) atoms. The number of aromatic nitrogens is 2. The summed E-state index contributed by atoms with van der Waals surface area (Å²) in [5, 5.41) is 9.28. The summed E-state index contributed by atoms with van der Waals surface area (Å²) in [7, 11) is 1.39. The first-order valence-electron chi connectivity index (χ1n) is 10.1. The molecule has 3 rings (SSSR count). The van der Waals surface area contributed by atoms with E-state index in [-0.39, 0.29) is 17.0 Å². The van der Waals surface area contributed by atoms with Gasteiger partial charge in [-0.3, -0.25) is 9.59 Å². The van der Waals surface area contributed by atoms with E-state index in [1.165, 1.54) is 23.9 Å². The fourth-order valence-electron chi connectivity index (χ4n) is 3.21. The van der Waals surface area contributed by atoms with E-state index in [0.29, 0.717) is 28.6 Å².